The topological polar surface area (TPSA) is 15.3 Å². The van der Waals surface area contributed by atoms with E-state index in [1.54, 1.807) is 0 Å². The molecule has 0 aromatic carbocycles. The lowest BCUT2D eigenvalue weighted by Crippen LogP contribution is -2.57. The van der Waals surface area contributed by atoms with Crippen molar-refractivity contribution in [2.24, 2.45) is 0 Å². The average molecular weight is 198 g/mol. The lowest BCUT2D eigenvalue weighted by molar-refractivity contribution is 0.0870. The monoisotopic (exact) mass is 198 g/mol. The number of hydrogen-bond acceptors (Lipinski definition) is 2. The molecule has 0 spiro atoms. The highest BCUT2D eigenvalue weighted by Crippen LogP contribution is 2.17. The third kappa shape index (κ3) is 2.96. The smallest absolute Gasteiger partial charge is 0.0196 e. The SMILES string of the molecule is CCCC(CC)N1CC(C)NCC1C. The maximum Gasteiger partial charge on any atom is 0.0196 e. The molecule has 1 N–H and O–H groups in total. The predicted molar refractivity (Wildman–Crippen MR) is 62.6 cm³/mol. The standard InChI is InChI=1S/C12H26N2/c1-5-7-12(6-2)14-9-10(3)13-8-11(14)4/h10-13H,5-9H2,1-4H3. The number of nitrogens with one attached hydrogen (secondary N) is 1. The minimum Gasteiger partial charge on any atom is -0.311 e. The first-order valence-electron chi connectivity index (χ1n) is 6.18. The van der Waals surface area contributed by atoms with E-state index >= 15 is 0 Å². The van der Waals surface area contributed by atoms with Crippen LogP contribution in [0, 0.1) is 0 Å². The van der Waals surface area contributed by atoms with Gasteiger partial charge in [-0.1, -0.05) is 20.3 Å². The molecule has 3 unspecified atom stereocenters. The van der Waals surface area contributed by atoms with Gasteiger partial charge in [0.15, 0.2) is 0 Å². The Balaban J connectivity index is 2.52. The van der Waals surface area contributed by atoms with Gasteiger partial charge in [0.1, 0.15) is 0 Å². The first kappa shape index (κ1) is 12.0. The first-order valence-corrected chi connectivity index (χ1v) is 6.18. The molecule has 1 fully saturated rings. The van der Waals surface area contributed by atoms with Gasteiger partial charge < -0.3 is 5.32 Å². The third-order valence-electron chi connectivity index (χ3n) is 3.37. The van der Waals surface area contributed by atoms with Crippen LogP contribution in [0.3, 0.4) is 0 Å². The van der Waals surface area contributed by atoms with E-state index < -0.39 is 0 Å². The molecular formula is C12H26N2. The maximum atomic E-state index is 3.54. The largest absolute Gasteiger partial charge is 0.311 e. The van der Waals surface area contributed by atoms with Crippen LogP contribution in [-0.2, 0) is 0 Å². The lowest BCUT2D eigenvalue weighted by atomic mass is 10.0. The third-order valence-corrected chi connectivity index (χ3v) is 3.37. The van der Waals surface area contributed by atoms with Crippen molar-refractivity contribution in [2.75, 3.05) is 13.1 Å². The van der Waals surface area contributed by atoms with Crippen LogP contribution < -0.4 is 5.32 Å². The van der Waals surface area contributed by atoms with Crippen molar-refractivity contribution < 1.29 is 0 Å². The van der Waals surface area contributed by atoms with E-state index in [4.69, 9.17) is 0 Å². The summed E-state index contributed by atoms with van der Waals surface area (Å²) in [6.07, 6.45) is 3.96. The number of piperazine rings is 1. The molecule has 0 bridgehead atoms. The van der Waals surface area contributed by atoms with Crippen molar-refractivity contribution in [1.29, 1.82) is 0 Å². The van der Waals surface area contributed by atoms with Gasteiger partial charge in [0.05, 0.1) is 0 Å². The zero-order chi connectivity index (χ0) is 10.6. The molecule has 0 aromatic heterocycles. The fraction of sp³-hybridized carbons (Fsp3) is 1.00. The zero-order valence-electron chi connectivity index (χ0n) is 10.2. The predicted octanol–water partition coefficient (Wildman–Crippen LogP) is 2.25. The minimum atomic E-state index is 0.664. The Hall–Kier alpha value is -0.0800. The normalized spacial score (nSPS) is 31.7. The molecule has 2 heteroatoms. The molecule has 1 aliphatic heterocycles. The van der Waals surface area contributed by atoms with Crippen molar-refractivity contribution in [1.82, 2.24) is 10.2 Å². The molecule has 0 aliphatic carbocycles. The van der Waals surface area contributed by atoms with Gasteiger partial charge in [0.2, 0.25) is 0 Å². The van der Waals surface area contributed by atoms with Gasteiger partial charge in [0, 0.05) is 31.2 Å². The van der Waals surface area contributed by atoms with Crippen LogP contribution in [0.15, 0.2) is 0 Å². The van der Waals surface area contributed by atoms with E-state index in [1.165, 1.54) is 25.8 Å². The molecule has 0 radical (unpaired) electrons. The fourth-order valence-electron chi connectivity index (χ4n) is 2.50. The molecule has 0 saturated carbocycles. The zero-order valence-corrected chi connectivity index (χ0v) is 10.2. The molecule has 0 amide bonds. The number of rotatable bonds is 4. The fourth-order valence-corrected chi connectivity index (χ4v) is 2.50. The summed E-state index contributed by atoms with van der Waals surface area (Å²) < 4.78 is 0. The Bertz CT molecular complexity index is 158. The van der Waals surface area contributed by atoms with Gasteiger partial charge in [-0.2, -0.15) is 0 Å². The second-order valence-corrected chi connectivity index (χ2v) is 4.71. The molecule has 14 heavy (non-hydrogen) atoms. The molecule has 1 rings (SSSR count). The van der Waals surface area contributed by atoms with E-state index in [9.17, 15) is 0 Å². The molecule has 84 valence electrons. The van der Waals surface area contributed by atoms with Crippen LogP contribution in [0.25, 0.3) is 0 Å². The van der Waals surface area contributed by atoms with Gasteiger partial charge in [0.25, 0.3) is 0 Å². The van der Waals surface area contributed by atoms with Gasteiger partial charge in [-0.3, -0.25) is 4.90 Å². The summed E-state index contributed by atoms with van der Waals surface area (Å²) in [5.41, 5.74) is 0. The lowest BCUT2D eigenvalue weighted by Gasteiger charge is -2.42. The first-order chi connectivity index (χ1) is 6.69. The maximum absolute atomic E-state index is 3.54. The van der Waals surface area contributed by atoms with Crippen molar-refractivity contribution in [2.45, 2.75) is 65.1 Å². The van der Waals surface area contributed by atoms with Gasteiger partial charge in [-0.25, -0.2) is 0 Å². The van der Waals surface area contributed by atoms with E-state index in [-0.39, 0.29) is 0 Å². The highest BCUT2D eigenvalue weighted by Gasteiger charge is 2.26. The Morgan fingerprint density at radius 1 is 1.36 bits per heavy atom. The Morgan fingerprint density at radius 3 is 2.64 bits per heavy atom. The van der Waals surface area contributed by atoms with Crippen LogP contribution in [0.2, 0.25) is 0 Å². The molecule has 1 saturated heterocycles. The van der Waals surface area contributed by atoms with Crippen LogP contribution in [-0.4, -0.2) is 36.1 Å². The Labute approximate surface area is 89.1 Å². The molecule has 2 nitrogen and oxygen atoms in total. The van der Waals surface area contributed by atoms with Crippen molar-refractivity contribution in [3.63, 3.8) is 0 Å². The quantitative estimate of drug-likeness (QED) is 0.745. The second-order valence-electron chi connectivity index (χ2n) is 4.71. The summed E-state index contributed by atoms with van der Waals surface area (Å²) in [5, 5.41) is 3.54. The van der Waals surface area contributed by atoms with Gasteiger partial charge in [-0.05, 0) is 26.7 Å². The van der Waals surface area contributed by atoms with Crippen LogP contribution >= 0.6 is 0 Å². The average Bonchev–Trinajstić information content (AvgIpc) is 2.18. The van der Waals surface area contributed by atoms with E-state index in [1.807, 2.05) is 0 Å². The summed E-state index contributed by atoms with van der Waals surface area (Å²) in [6.45, 7) is 11.6. The van der Waals surface area contributed by atoms with Crippen LogP contribution in [0.1, 0.15) is 47.0 Å². The minimum absolute atomic E-state index is 0.664. The Morgan fingerprint density at radius 2 is 2.07 bits per heavy atom. The van der Waals surface area contributed by atoms with E-state index in [2.05, 4.69) is 37.9 Å². The summed E-state index contributed by atoms with van der Waals surface area (Å²) in [7, 11) is 0. The summed E-state index contributed by atoms with van der Waals surface area (Å²) in [5.74, 6) is 0. The van der Waals surface area contributed by atoms with Crippen LogP contribution in [0.4, 0.5) is 0 Å². The molecule has 0 aromatic rings. The molecule has 3 atom stereocenters. The van der Waals surface area contributed by atoms with Gasteiger partial charge in [-0.15, -0.1) is 0 Å². The Kier molecular flexibility index (Phi) is 4.90. The van der Waals surface area contributed by atoms with Crippen LogP contribution in [0.5, 0.6) is 0 Å². The summed E-state index contributed by atoms with van der Waals surface area (Å²) in [6, 6.07) is 2.18. The van der Waals surface area contributed by atoms with Crippen molar-refractivity contribution in [3.8, 4) is 0 Å². The summed E-state index contributed by atoms with van der Waals surface area (Å²) in [4.78, 5) is 2.70. The van der Waals surface area contributed by atoms with Gasteiger partial charge >= 0.3 is 0 Å². The second kappa shape index (κ2) is 5.72. The highest BCUT2D eigenvalue weighted by molar-refractivity contribution is 4.85. The van der Waals surface area contributed by atoms with E-state index in [0.29, 0.717) is 12.1 Å². The molecule has 1 heterocycles. The summed E-state index contributed by atoms with van der Waals surface area (Å²) >= 11 is 0. The molecule has 1 aliphatic rings. The number of nitrogens with zero attached hydrogens (tertiary/aromatic N) is 1. The molecular weight excluding hydrogens is 172 g/mol. The number of hydrogen-bond donors (Lipinski definition) is 1. The van der Waals surface area contributed by atoms with Crippen molar-refractivity contribution in [3.05, 3.63) is 0 Å². The van der Waals surface area contributed by atoms with E-state index in [0.717, 1.165) is 12.6 Å². The highest BCUT2D eigenvalue weighted by atomic mass is 15.2. The van der Waals surface area contributed by atoms with Crippen molar-refractivity contribution >= 4 is 0 Å².